The summed E-state index contributed by atoms with van der Waals surface area (Å²) in [5, 5.41) is 11.7. The quantitative estimate of drug-likeness (QED) is 0.151. The Kier molecular flexibility index (Phi) is 5.59. The topological polar surface area (TPSA) is 118 Å². The molecule has 2 aromatic heterocycles. The summed E-state index contributed by atoms with van der Waals surface area (Å²) in [6, 6.07) is 7.37. The van der Waals surface area contributed by atoms with E-state index in [4.69, 9.17) is 13.9 Å². The van der Waals surface area contributed by atoms with Crippen LogP contribution in [-0.2, 0) is 0 Å². The van der Waals surface area contributed by atoms with E-state index in [9.17, 15) is 14.9 Å². The van der Waals surface area contributed by atoms with E-state index in [1.54, 1.807) is 25.3 Å². The van der Waals surface area contributed by atoms with Crippen molar-refractivity contribution < 1.29 is 23.6 Å². The number of nitrogens with zero attached hydrogens (tertiary/aromatic N) is 3. The van der Waals surface area contributed by atoms with Crippen LogP contribution in [0.4, 0.5) is 5.69 Å². The summed E-state index contributed by atoms with van der Waals surface area (Å²) < 4.78 is 15.6. The molecule has 0 aliphatic carbocycles. The van der Waals surface area contributed by atoms with Gasteiger partial charge in [0.15, 0.2) is 11.6 Å². The second-order valence-electron chi connectivity index (χ2n) is 5.47. The van der Waals surface area contributed by atoms with Crippen LogP contribution in [0.25, 0.3) is 11.6 Å². The van der Waals surface area contributed by atoms with Crippen molar-refractivity contribution in [3.8, 4) is 23.1 Å². The van der Waals surface area contributed by atoms with Gasteiger partial charge in [0.05, 0.1) is 30.1 Å². The van der Waals surface area contributed by atoms with Crippen LogP contribution in [0.1, 0.15) is 16.1 Å². The average Bonchev–Trinajstić information content (AvgIpc) is 3.22. The number of carbonyl (C=O) groups is 1. The first kappa shape index (κ1) is 19.4. The normalized spacial score (nSPS) is 10.5. The number of hydrogen-bond acceptors (Lipinski definition) is 9. The highest BCUT2D eigenvalue weighted by molar-refractivity contribution is 7.98. The molecule has 144 valence electrons. The Morgan fingerprint density at radius 1 is 1.29 bits per heavy atom. The van der Waals surface area contributed by atoms with Crippen LogP contribution in [0.2, 0.25) is 0 Å². The Balaban J connectivity index is 1.98. The molecule has 0 aliphatic heterocycles. The molecule has 1 aromatic carbocycles. The summed E-state index contributed by atoms with van der Waals surface area (Å²) in [7, 11) is 1.39. The van der Waals surface area contributed by atoms with Gasteiger partial charge in [0.1, 0.15) is 16.3 Å². The minimum absolute atomic E-state index is 0.132. The molecule has 0 bridgehead atoms. The molecule has 0 amide bonds. The van der Waals surface area contributed by atoms with Gasteiger partial charge in [0, 0.05) is 0 Å². The number of thioether (sulfide) groups is 1. The van der Waals surface area contributed by atoms with Gasteiger partial charge >= 0.3 is 11.7 Å². The molecule has 0 fully saturated rings. The Morgan fingerprint density at radius 3 is 2.68 bits per heavy atom. The number of ether oxygens (including phenoxy) is 2. The van der Waals surface area contributed by atoms with Crippen molar-refractivity contribution in [2.45, 2.75) is 11.9 Å². The maximum absolute atomic E-state index is 12.7. The zero-order valence-electron chi connectivity index (χ0n) is 15.2. The zero-order chi connectivity index (χ0) is 20.3. The van der Waals surface area contributed by atoms with Crippen molar-refractivity contribution in [2.75, 3.05) is 13.4 Å². The van der Waals surface area contributed by atoms with Crippen molar-refractivity contribution in [3.05, 3.63) is 58.0 Å². The van der Waals surface area contributed by atoms with E-state index in [1.807, 2.05) is 0 Å². The Hall–Kier alpha value is -3.40. The third kappa shape index (κ3) is 3.81. The second-order valence-corrected chi connectivity index (χ2v) is 6.27. The van der Waals surface area contributed by atoms with Crippen LogP contribution in [0.15, 0.2) is 46.0 Å². The van der Waals surface area contributed by atoms with Crippen molar-refractivity contribution in [1.82, 2.24) is 9.97 Å². The number of benzene rings is 1. The minimum atomic E-state index is -0.791. The molecule has 28 heavy (non-hydrogen) atoms. The molecule has 2 heterocycles. The molecule has 0 atom stereocenters. The maximum atomic E-state index is 12.7. The zero-order valence-corrected chi connectivity index (χ0v) is 16.0. The molecule has 3 aromatic rings. The lowest BCUT2D eigenvalue weighted by Gasteiger charge is -2.11. The first-order valence-electron chi connectivity index (χ1n) is 7.95. The predicted molar refractivity (Wildman–Crippen MR) is 101 cm³/mol. The lowest BCUT2D eigenvalue weighted by molar-refractivity contribution is -0.385. The van der Waals surface area contributed by atoms with Crippen LogP contribution in [0, 0.1) is 17.0 Å². The number of aromatic nitrogens is 2. The molecule has 0 saturated heterocycles. The third-order valence-corrected chi connectivity index (χ3v) is 4.44. The molecular weight excluding hydrogens is 386 g/mol. The molecule has 0 unspecified atom stereocenters. The average molecular weight is 401 g/mol. The molecule has 10 heteroatoms. The summed E-state index contributed by atoms with van der Waals surface area (Å²) in [6.45, 7) is 1.63. The van der Waals surface area contributed by atoms with Crippen LogP contribution in [0.5, 0.6) is 11.5 Å². The van der Waals surface area contributed by atoms with E-state index in [0.29, 0.717) is 22.3 Å². The summed E-state index contributed by atoms with van der Waals surface area (Å²) in [5.41, 5.74) is 0.115. The smallest absolute Gasteiger partial charge is 0.348 e. The molecule has 0 radical (unpaired) electrons. The minimum Gasteiger partial charge on any atom is -0.496 e. The van der Waals surface area contributed by atoms with Crippen LogP contribution >= 0.6 is 11.8 Å². The van der Waals surface area contributed by atoms with Gasteiger partial charge in [-0.3, -0.25) is 10.1 Å². The third-order valence-electron chi connectivity index (χ3n) is 3.76. The monoisotopic (exact) mass is 401 g/mol. The SMILES string of the molecule is COc1ccc(OC(=O)c2c(C)nc(-c3ccco3)nc2SC)c([N+](=O)[O-])c1. The number of hydrogen-bond donors (Lipinski definition) is 0. The molecule has 0 spiro atoms. The van der Waals surface area contributed by atoms with Crippen molar-refractivity contribution in [1.29, 1.82) is 0 Å². The van der Waals surface area contributed by atoms with Gasteiger partial charge in [0.2, 0.25) is 5.75 Å². The molecule has 0 saturated carbocycles. The van der Waals surface area contributed by atoms with Gasteiger partial charge in [-0.2, -0.15) is 0 Å². The summed E-state index contributed by atoms with van der Waals surface area (Å²) in [6.07, 6.45) is 3.25. The molecule has 3 rings (SSSR count). The second kappa shape index (κ2) is 8.09. The summed E-state index contributed by atoms with van der Waals surface area (Å²) >= 11 is 1.23. The van der Waals surface area contributed by atoms with Gasteiger partial charge in [0.25, 0.3) is 0 Å². The molecule has 0 aliphatic rings. The summed E-state index contributed by atoms with van der Waals surface area (Å²) in [4.78, 5) is 32.0. The molecular formula is C18H15N3O6S. The lowest BCUT2D eigenvalue weighted by Crippen LogP contribution is -2.15. The van der Waals surface area contributed by atoms with Crippen molar-refractivity contribution in [3.63, 3.8) is 0 Å². The number of nitro groups is 1. The van der Waals surface area contributed by atoms with Gasteiger partial charge in [-0.1, -0.05) is 0 Å². The van der Waals surface area contributed by atoms with Crippen LogP contribution in [0.3, 0.4) is 0 Å². The maximum Gasteiger partial charge on any atom is 0.348 e. The van der Waals surface area contributed by atoms with Gasteiger partial charge in [-0.15, -0.1) is 11.8 Å². The fourth-order valence-corrected chi connectivity index (χ4v) is 3.06. The number of rotatable bonds is 6. The van der Waals surface area contributed by atoms with E-state index < -0.39 is 10.9 Å². The number of carbonyl (C=O) groups excluding carboxylic acids is 1. The first-order valence-corrected chi connectivity index (χ1v) is 9.18. The van der Waals surface area contributed by atoms with Gasteiger partial charge in [-0.05, 0) is 37.4 Å². The Morgan fingerprint density at radius 2 is 2.07 bits per heavy atom. The lowest BCUT2D eigenvalue weighted by atomic mass is 10.2. The van der Waals surface area contributed by atoms with Crippen molar-refractivity contribution in [2.24, 2.45) is 0 Å². The van der Waals surface area contributed by atoms with E-state index >= 15 is 0 Å². The largest absolute Gasteiger partial charge is 0.496 e. The highest BCUT2D eigenvalue weighted by Crippen LogP contribution is 2.33. The standard InChI is InChI=1S/C18H15N3O6S/c1-10-15(17(28-3)20-16(19-10)14-5-4-8-26-14)18(22)27-13-7-6-11(25-2)9-12(13)21(23)24/h4-9H,1-3H3. The first-order chi connectivity index (χ1) is 13.4. The number of aryl methyl sites for hydroxylation is 1. The predicted octanol–water partition coefficient (Wildman–Crippen LogP) is 3.90. The number of methoxy groups -OCH3 is 1. The fraction of sp³-hybridized carbons (Fsp3) is 0.167. The van der Waals surface area contributed by atoms with Crippen LogP contribution < -0.4 is 9.47 Å². The van der Waals surface area contributed by atoms with Gasteiger partial charge < -0.3 is 13.9 Å². The Bertz CT molecular complexity index is 1040. The van der Waals surface area contributed by atoms with E-state index in [1.165, 1.54) is 43.3 Å². The van der Waals surface area contributed by atoms with Crippen molar-refractivity contribution >= 4 is 23.4 Å². The fourth-order valence-electron chi connectivity index (χ4n) is 2.45. The van der Waals surface area contributed by atoms with Gasteiger partial charge in [-0.25, -0.2) is 14.8 Å². The molecule has 0 N–H and O–H groups in total. The summed E-state index contributed by atoms with van der Waals surface area (Å²) in [5.74, 6) is 0.0834. The highest BCUT2D eigenvalue weighted by Gasteiger charge is 2.25. The number of esters is 1. The van der Waals surface area contributed by atoms with E-state index in [0.717, 1.165) is 0 Å². The van der Waals surface area contributed by atoms with E-state index in [2.05, 4.69) is 9.97 Å². The highest BCUT2D eigenvalue weighted by atomic mass is 32.2. The Labute approximate surface area is 163 Å². The molecule has 9 nitrogen and oxygen atoms in total. The number of nitro benzene ring substituents is 1. The van der Waals surface area contributed by atoms with E-state index in [-0.39, 0.29) is 22.7 Å². The van der Waals surface area contributed by atoms with Crippen LogP contribution in [-0.4, -0.2) is 34.2 Å². The number of furan rings is 1.